The number of nitrogens with zero attached hydrogens (tertiary/aromatic N) is 1. The van der Waals surface area contributed by atoms with Gasteiger partial charge in [-0.1, -0.05) is 17.3 Å². The fourth-order valence-electron chi connectivity index (χ4n) is 1.43. The van der Waals surface area contributed by atoms with Gasteiger partial charge in [-0.15, -0.1) is 0 Å². The van der Waals surface area contributed by atoms with Crippen molar-refractivity contribution >= 4 is 5.91 Å². The topological polar surface area (TPSA) is 75.4 Å². The molecule has 0 aliphatic rings. The van der Waals surface area contributed by atoms with Crippen LogP contribution in [-0.4, -0.2) is 16.2 Å². The third-order valence-corrected chi connectivity index (χ3v) is 2.23. The third-order valence-electron chi connectivity index (χ3n) is 2.23. The van der Waals surface area contributed by atoms with Crippen LogP contribution in [0.1, 0.15) is 11.3 Å². The van der Waals surface area contributed by atoms with Crippen LogP contribution in [0.4, 0.5) is 0 Å². The highest BCUT2D eigenvalue weighted by Gasteiger charge is 2.04. The first-order valence-corrected chi connectivity index (χ1v) is 5.18. The second kappa shape index (κ2) is 5.16. The van der Waals surface area contributed by atoms with Gasteiger partial charge < -0.3 is 14.9 Å². The monoisotopic (exact) mass is 232 g/mol. The lowest BCUT2D eigenvalue weighted by atomic mass is 10.1. The summed E-state index contributed by atoms with van der Waals surface area (Å²) in [5, 5.41) is 15.6. The first-order chi connectivity index (χ1) is 8.24. The summed E-state index contributed by atoms with van der Waals surface area (Å²) >= 11 is 0. The van der Waals surface area contributed by atoms with Gasteiger partial charge >= 0.3 is 0 Å². The summed E-state index contributed by atoms with van der Waals surface area (Å²) in [7, 11) is 0. The number of hydrogen-bond acceptors (Lipinski definition) is 4. The molecule has 0 unspecified atom stereocenters. The van der Waals surface area contributed by atoms with Crippen LogP contribution in [0.3, 0.4) is 0 Å². The SMILES string of the molecule is O=C(Cc1cccc(O)c1)NCc1ccon1. The number of aromatic hydroxyl groups is 1. The summed E-state index contributed by atoms with van der Waals surface area (Å²) in [6.07, 6.45) is 1.68. The van der Waals surface area contributed by atoms with E-state index >= 15 is 0 Å². The van der Waals surface area contributed by atoms with Gasteiger partial charge in [-0.05, 0) is 17.7 Å². The lowest BCUT2D eigenvalue weighted by Gasteiger charge is -2.03. The first kappa shape index (κ1) is 11.2. The maximum atomic E-state index is 11.6. The van der Waals surface area contributed by atoms with Gasteiger partial charge in [0.2, 0.25) is 5.91 Å². The molecule has 1 aromatic heterocycles. The molecule has 0 saturated carbocycles. The number of nitrogens with one attached hydrogen (secondary N) is 1. The fourth-order valence-corrected chi connectivity index (χ4v) is 1.43. The van der Waals surface area contributed by atoms with Crippen molar-refractivity contribution in [3.8, 4) is 5.75 Å². The minimum atomic E-state index is -0.126. The number of carbonyl (C=O) groups is 1. The van der Waals surface area contributed by atoms with Crippen molar-refractivity contribution in [1.29, 1.82) is 0 Å². The molecule has 2 N–H and O–H groups in total. The van der Waals surface area contributed by atoms with Crippen LogP contribution in [-0.2, 0) is 17.8 Å². The molecule has 5 nitrogen and oxygen atoms in total. The molecule has 1 aromatic carbocycles. The highest BCUT2D eigenvalue weighted by atomic mass is 16.5. The molecular formula is C12H12N2O3. The van der Waals surface area contributed by atoms with Crippen molar-refractivity contribution in [2.45, 2.75) is 13.0 Å². The molecule has 0 saturated heterocycles. The van der Waals surface area contributed by atoms with Crippen LogP contribution in [0.5, 0.6) is 5.75 Å². The summed E-state index contributed by atoms with van der Waals surface area (Å²) in [6.45, 7) is 0.341. The third kappa shape index (κ3) is 3.34. The zero-order valence-corrected chi connectivity index (χ0v) is 9.09. The predicted molar refractivity (Wildman–Crippen MR) is 60.2 cm³/mol. The standard InChI is InChI=1S/C12H12N2O3/c15-11-3-1-2-9(6-11)7-12(16)13-8-10-4-5-17-14-10/h1-6,15H,7-8H2,(H,13,16). The normalized spacial score (nSPS) is 10.1. The Morgan fingerprint density at radius 2 is 2.29 bits per heavy atom. The number of phenolic OH excluding ortho intramolecular Hbond substituents is 1. The van der Waals surface area contributed by atoms with Gasteiger partial charge in [-0.25, -0.2) is 0 Å². The van der Waals surface area contributed by atoms with E-state index < -0.39 is 0 Å². The van der Waals surface area contributed by atoms with E-state index in [0.717, 1.165) is 5.56 Å². The van der Waals surface area contributed by atoms with Crippen molar-refractivity contribution in [3.63, 3.8) is 0 Å². The molecule has 2 aromatic rings. The van der Waals surface area contributed by atoms with Gasteiger partial charge in [-0.3, -0.25) is 4.79 Å². The highest BCUT2D eigenvalue weighted by Crippen LogP contribution is 2.11. The largest absolute Gasteiger partial charge is 0.508 e. The van der Waals surface area contributed by atoms with Gasteiger partial charge in [0.25, 0.3) is 0 Å². The Bertz CT molecular complexity index is 494. The summed E-state index contributed by atoms with van der Waals surface area (Å²) in [6, 6.07) is 8.31. The molecular weight excluding hydrogens is 220 g/mol. The Labute approximate surface area is 98.1 Å². The second-order valence-electron chi connectivity index (χ2n) is 3.61. The van der Waals surface area contributed by atoms with Crippen molar-refractivity contribution < 1.29 is 14.4 Å². The van der Waals surface area contributed by atoms with Crippen LogP contribution >= 0.6 is 0 Å². The van der Waals surface area contributed by atoms with Gasteiger partial charge in [0, 0.05) is 6.07 Å². The fraction of sp³-hybridized carbons (Fsp3) is 0.167. The number of rotatable bonds is 4. The van der Waals surface area contributed by atoms with Gasteiger partial charge in [0.05, 0.1) is 13.0 Å². The van der Waals surface area contributed by atoms with E-state index in [1.165, 1.54) is 6.26 Å². The molecule has 0 fully saturated rings. The van der Waals surface area contributed by atoms with E-state index in [2.05, 4.69) is 15.0 Å². The molecule has 5 heteroatoms. The number of hydrogen-bond donors (Lipinski definition) is 2. The number of carbonyl (C=O) groups excluding carboxylic acids is 1. The Kier molecular flexibility index (Phi) is 3.40. The maximum absolute atomic E-state index is 11.6. The lowest BCUT2D eigenvalue weighted by Crippen LogP contribution is -2.24. The summed E-state index contributed by atoms with van der Waals surface area (Å²) in [4.78, 5) is 11.6. The van der Waals surface area contributed by atoms with Crippen LogP contribution in [0.15, 0.2) is 41.1 Å². The number of aromatic nitrogens is 1. The summed E-state index contributed by atoms with van der Waals surface area (Å²) < 4.78 is 4.65. The lowest BCUT2D eigenvalue weighted by molar-refractivity contribution is -0.120. The van der Waals surface area contributed by atoms with Crippen molar-refractivity contribution in [3.05, 3.63) is 47.9 Å². The maximum Gasteiger partial charge on any atom is 0.224 e. The van der Waals surface area contributed by atoms with Crippen LogP contribution in [0.25, 0.3) is 0 Å². The Morgan fingerprint density at radius 1 is 1.41 bits per heavy atom. The zero-order valence-electron chi connectivity index (χ0n) is 9.09. The molecule has 2 rings (SSSR count). The molecule has 0 bridgehead atoms. The van der Waals surface area contributed by atoms with Gasteiger partial charge in [-0.2, -0.15) is 0 Å². The van der Waals surface area contributed by atoms with E-state index in [-0.39, 0.29) is 18.1 Å². The van der Waals surface area contributed by atoms with E-state index in [4.69, 9.17) is 0 Å². The smallest absolute Gasteiger partial charge is 0.224 e. The first-order valence-electron chi connectivity index (χ1n) is 5.18. The average Bonchev–Trinajstić information content (AvgIpc) is 2.79. The van der Waals surface area contributed by atoms with Gasteiger partial charge in [0.1, 0.15) is 17.7 Å². The second-order valence-corrected chi connectivity index (χ2v) is 3.61. The average molecular weight is 232 g/mol. The molecule has 88 valence electrons. The van der Waals surface area contributed by atoms with E-state index in [1.54, 1.807) is 30.3 Å². The van der Waals surface area contributed by atoms with E-state index in [0.29, 0.717) is 12.2 Å². The van der Waals surface area contributed by atoms with Crippen LogP contribution in [0.2, 0.25) is 0 Å². The number of benzene rings is 1. The predicted octanol–water partition coefficient (Wildman–Crippen LogP) is 1.24. The molecule has 0 aliphatic heterocycles. The van der Waals surface area contributed by atoms with E-state index in [1.807, 2.05) is 0 Å². The van der Waals surface area contributed by atoms with Crippen molar-refractivity contribution in [2.75, 3.05) is 0 Å². The minimum absolute atomic E-state index is 0.126. The Morgan fingerprint density at radius 3 is 3.00 bits per heavy atom. The minimum Gasteiger partial charge on any atom is -0.508 e. The molecule has 1 amide bonds. The summed E-state index contributed by atoms with van der Waals surface area (Å²) in [5.74, 6) is 0.0328. The molecule has 0 atom stereocenters. The van der Waals surface area contributed by atoms with Crippen molar-refractivity contribution in [1.82, 2.24) is 10.5 Å². The molecule has 1 heterocycles. The molecule has 0 spiro atoms. The molecule has 0 radical (unpaired) electrons. The Hall–Kier alpha value is -2.30. The van der Waals surface area contributed by atoms with Crippen molar-refractivity contribution in [2.24, 2.45) is 0 Å². The highest BCUT2D eigenvalue weighted by molar-refractivity contribution is 5.78. The summed E-state index contributed by atoms with van der Waals surface area (Å²) in [5.41, 5.74) is 1.44. The van der Waals surface area contributed by atoms with E-state index in [9.17, 15) is 9.90 Å². The van der Waals surface area contributed by atoms with Gasteiger partial charge in [0.15, 0.2) is 0 Å². The quantitative estimate of drug-likeness (QED) is 0.831. The molecule has 17 heavy (non-hydrogen) atoms. The molecule has 0 aliphatic carbocycles. The number of amides is 1. The zero-order chi connectivity index (χ0) is 12.1. The van der Waals surface area contributed by atoms with Crippen LogP contribution < -0.4 is 5.32 Å². The Balaban J connectivity index is 1.85. The van der Waals surface area contributed by atoms with Crippen LogP contribution in [0, 0.1) is 0 Å². The number of phenols is 1.